The summed E-state index contributed by atoms with van der Waals surface area (Å²) >= 11 is 1.91. The van der Waals surface area contributed by atoms with E-state index in [1.54, 1.807) is 0 Å². The number of nitrogens with zero attached hydrogens (tertiary/aromatic N) is 1. The average Bonchev–Trinajstić information content (AvgIpc) is 2.73. The number of amides is 1. The summed E-state index contributed by atoms with van der Waals surface area (Å²) in [6.45, 7) is 2.93. The molecule has 2 aliphatic rings. The van der Waals surface area contributed by atoms with Crippen molar-refractivity contribution in [1.82, 2.24) is 10.2 Å². The van der Waals surface area contributed by atoms with Crippen LogP contribution in [-0.4, -0.2) is 48.0 Å². The summed E-state index contributed by atoms with van der Waals surface area (Å²) in [4.78, 5) is 14.4. The molecule has 0 aromatic heterocycles. The van der Waals surface area contributed by atoms with E-state index in [1.807, 2.05) is 11.8 Å². The number of carbonyl (C=O) groups excluding carboxylic acids is 1. The maximum Gasteiger partial charge on any atom is 0.239 e. The van der Waals surface area contributed by atoms with Crippen molar-refractivity contribution in [3.63, 3.8) is 0 Å². The highest BCUT2D eigenvalue weighted by atomic mass is 32.2. The third kappa shape index (κ3) is 2.92. The Kier molecular flexibility index (Phi) is 4.53. The molecule has 2 rings (SSSR count). The third-order valence-corrected chi connectivity index (χ3v) is 4.68. The second-order valence-electron chi connectivity index (χ2n) is 4.79. The van der Waals surface area contributed by atoms with Crippen LogP contribution in [-0.2, 0) is 4.79 Å². The van der Waals surface area contributed by atoms with Crippen LogP contribution in [0.2, 0.25) is 0 Å². The summed E-state index contributed by atoms with van der Waals surface area (Å²) < 4.78 is 0. The van der Waals surface area contributed by atoms with Crippen molar-refractivity contribution in [1.29, 1.82) is 0 Å². The Morgan fingerprint density at radius 3 is 2.88 bits per heavy atom. The Bertz CT molecular complexity index is 241. The SMILES string of the molecule is CSC1CCCCN(C(=O)C2CCCN2)C1. The van der Waals surface area contributed by atoms with Gasteiger partial charge in [-0.05, 0) is 38.5 Å². The zero-order valence-electron chi connectivity index (χ0n) is 10.1. The molecule has 1 amide bonds. The summed E-state index contributed by atoms with van der Waals surface area (Å²) in [5.74, 6) is 0.346. The number of carbonyl (C=O) groups is 1. The quantitative estimate of drug-likeness (QED) is 0.796. The Balaban J connectivity index is 1.92. The molecule has 2 unspecified atom stereocenters. The molecule has 2 heterocycles. The number of likely N-dealkylation sites (tertiary alicyclic amines) is 1. The maximum atomic E-state index is 12.3. The van der Waals surface area contributed by atoms with E-state index in [-0.39, 0.29) is 6.04 Å². The molecule has 0 aromatic carbocycles. The standard InChI is InChI=1S/C12H22N2OS/c1-16-10-5-2-3-8-14(9-10)12(15)11-6-4-7-13-11/h10-11,13H,2-9H2,1H3. The van der Waals surface area contributed by atoms with E-state index in [2.05, 4.69) is 16.5 Å². The second-order valence-corrected chi connectivity index (χ2v) is 5.92. The van der Waals surface area contributed by atoms with Gasteiger partial charge in [0.2, 0.25) is 5.91 Å². The van der Waals surface area contributed by atoms with Crippen LogP contribution in [0, 0.1) is 0 Å². The predicted molar refractivity (Wildman–Crippen MR) is 68.8 cm³/mol. The lowest BCUT2D eigenvalue weighted by Gasteiger charge is -2.26. The summed E-state index contributed by atoms with van der Waals surface area (Å²) in [6.07, 6.45) is 8.05. The first-order chi connectivity index (χ1) is 7.81. The summed E-state index contributed by atoms with van der Waals surface area (Å²) in [6, 6.07) is 0.112. The molecule has 2 saturated heterocycles. The molecule has 2 fully saturated rings. The molecular weight excluding hydrogens is 220 g/mol. The van der Waals surface area contributed by atoms with Crippen LogP contribution in [0.25, 0.3) is 0 Å². The summed E-state index contributed by atoms with van der Waals surface area (Å²) in [5, 5.41) is 3.96. The fraction of sp³-hybridized carbons (Fsp3) is 0.917. The largest absolute Gasteiger partial charge is 0.340 e. The molecule has 2 atom stereocenters. The molecule has 0 aliphatic carbocycles. The number of thioether (sulfide) groups is 1. The van der Waals surface area contributed by atoms with Crippen molar-refractivity contribution in [2.45, 2.75) is 43.4 Å². The number of nitrogens with one attached hydrogen (secondary N) is 1. The van der Waals surface area contributed by atoms with Crippen LogP contribution in [0.4, 0.5) is 0 Å². The number of hydrogen-bond donors (Lipinski definition) is 1. The predicted octanol–water partition coefficient (Wildman–Crippen LogP) is 1.48. The van der Waals surface area contributed by atoms with E-state index in [1.165, 1.54) is 19.3 Å². The van der Waals surface area contributed by atoms with Gasteiger partial charge in [0.05, 0.1) is 6.04 Å². The highest BCUT2D eigenvalue weighted by molar-refractivity contribution is 7.99. The molecule has 0 aromatic rings. The molecule has 4 heteroatoms. The van der Waals surface area contributed by atoms with E-state index >= 15 is 0 Å². The van der Waals surface area contributed by atoms with Gasteiger partial charge in [0.1, 0.15) is 0 Å². The zero-order chi connectivity index (χ0) is 11.4. The minimum absolute atomic E-state index is 0.112. The molecule has 16 heavy (non-hydrogen) atoms. The van der Waals surface area contributed by atoms with Gasteiger partial charge < -0.3 is 10.2 Å². The Morgan fingerprint density at radius 2 is 2.19 bits per heavy atom. The molecule has 0 spiro atoms. The molecule has 0 radical (unpaired) electrons. The number of rotatable bonds is 2. The molecule has 0 saturated carbocycles. The zero-order valence-corrected chi connectivity index (χ0v) is 10.9. The van der Waals surface area contributed by atoms with Crippen molar-refractivity contribution in [2.75, 3.05) is 25.9 Å². The van der Waals surface area contributed by atoms with E-state index in [0.717, 1.165) is 32.5 Å². The van der Waals surface area contributed by atoms with Gasteiger partial charge in [-0.15, -0.1) is 0 Å². The first-order valence-corrected chi connectivity index (χ1v) is 7.65. The summed E-state index contributed by atoms with van der Waals surface area (Å²) in [7, 11) is 0. The van der Waals surface area contributed by atoms with Gasteiger partial charge in [-0.3, -0.25) is 4.79 Å². The van der Waals surface area contributed by atoms with Crippen LogP contribution >= 0.6 is 11.8 Å². The van der Waals surface area contributed by atoms with E-state index in [4.69, 9.17) is 0 Å². The van der Waals surface area contributed by atoms with Crippen LogP contribution in [0.1, 0.15) is 32.1 Å². The maximum absolute atomic E-state index is 12.3. The minimum Gasteiger partial charge on any atom is -0.340 e. The van der Waals surface area contributed by atoms with Gasteiger partial charge in [0, 0.05) is 18.3 Å². The fourth-order valence-corrected chi connectivity index (χ4v) is 3.34. The van der Waals surface area contributed by atoms with Crippen molar-refractivity contribution in [3.8, 4) is 0 Å². The minimum atomic E-state index is 0.112. The molecule has 0 bridgehead atoms. The van der Waals surface area contributed by atoms with Crippen molar-refractivity contribution in [2.24, 2.45) is 0 Å². The lowest BCUT2D eigenvalue weighted by molar-refractivity contribution is -0.132. The molecular formula is C12H22N2OS. The Morgan fingerprint density at radius 1 is 1.31 bits per heavy atom. The topological polar surface area (TPSA) is 32.3 Å². The van der Waals surface area contributed by atoms with Crippen LogP contribution < -0.4 is 5.32 Å². The van der Waals surface area contributed by atoms with Crippen LogP contribution in [0.3, 0.4) is 0 Å². The van der Waals surface area contributed by atoms with Crippen molar-refractivity contribution < 1.29 is 4.79 Å². The van der Waals surface area contributed by atoms with Crippen molar-refractivity contribution >= 4 is 17.7 Å². The van der Waals surface area contributed by atoms with E-state index in [9.17, 15) is 4.79 Å². The fourth-order valence-electron chi connectivity index (χ4n) is 2.61. The smallest absolute Gasteiger partial charge is 0.239 e. The first kappa shape index (κ1) is 12.2. The second kappa shape index (κ2) is 5.92. The molecule has 92 valence electrons. The van der Waals surface area contributed by atoms with Gasteiger partial charge in [-0.25, -0.2) is 0 Å². The highest BCUT2D eigenvalue weighted by Crippen LogP contribution is 2.21. The lowest BCUT2D eigenvalue weighted by atomic mass is 10.2. The van der Waals surface area contributed by atoms with Crippen LogP contribution in [0.15, 0.2) is 0 Å². The van der Waals surface area contributed by atoms with Gasteiger partial charge >= 0.3 is 0 Å². The highest BCUT2D eigenvalue weighted by Gasteiger charge is 2.29. The van der Waals surface area contributed by atoms with Gasteiger partial charge in [-0.2, -0.15) is 11.8 Å². The van der Waals surface area contributed by atoms with Gasteiger partial charge in [0.25, 0.3) is 0 Å². The van der Waals surface area contributed by atoms with Crippen molar-refractivity contribution in [3.05, 3.63) is 0 Å². The summed E-state index contributed by atoms with van der Waals surface area (Å²) in [5.41, 5.74) is 0. The Hall–Kier alpha value is -0.220. The van der Waals surface area contributed by atoms with E-state index < -0.39 is 0 Å². The molecule has 2 aliphatic heterocycles. The monoisotopic (exact) mass is 242 g/mol. The molecule has 1 N–H and O–H groups in total. The molecule has 3 nitrogen and oxygen atoms in total. The first-order valence-electron chi connectivity index (χ1n) is 6.36. The lowest BCUT2D eigenvalue weighted by Crippen LogP contribution is -2.45. The van der Waals surface area contributed by atoms with Crippen LogP contribution in [0.5, 0.6) is 0 Å². The van der Waals surface area contributed by atoms with E-state index in [0.29, 0.717) is 11.2 Å². The Labute approximate surface area is 102 Å². The normalized spacial score (nSPS) is 31.4. The van der Waals surface area contributed by atoms with Gasteiger partial charge in [-0.1, -0.05) is 6.42 Å². The third-order valence-electron chi connectivity index (χ3n) is 3.63. The average molecular weight is 242 g/mol. The van der Waals surface area contributed by atoms with Gasteiger partial charge in [0.15, 0.2) is 0 Å². The number of hydrogen-bond acceptors (Lipinski definition) is 3.